The number of halogens is 1. The maximum Gasteiger partial charge on any atom is 0.508 e. The zero-order chi connectivity index (χ0) is 12.9. The lowest BCUT2D eigenvalue weighted by atomic mass is 10.2. The molecule has 0 heterocycles. The van der Waals surface area contributed by atoms with E-state index in [4.69, 9.17) is 21.1 Å². The van der Waals surface area contributed by atoms with E-state index in [1.165, 1.54) is 19.3 Å². The molecular formula is C12H23ClO4. The highest BCUT2D eigenvalue weighted by molar-refractivity contribution is 6.18. The lowest BCUT2D eigenvalue weighted by Gasteiger charge is -2.14. The van der Waals surface area contributed by atoms with Crippen LogP contribution in [0.2, 0.25) is 0 Å². The summed E-state index contributed by atoms with van der Waals surface area (Å²) in [5.41, 5.74) is 0. The van der Waals surface area contributed by atoms with Crippen LogP contribution in [0.3, 0.4) is 0 Å². The third kappa shape index (κ3) is 10.4. The molecule has 0 aliphatic carbocycles. The van der Waals surface area contributed by atoms with E-state index in [2.05, 4.69) is 11.7 Å². The van der Waals surface area contributed by atoms with Gasteiger partial charge >= 0.3 is 6.16 Å². The van der Waals surface area contributed by atoms with E-state index < -0.39 is 12.3 Å². The van der Waals surface area contributed by atoms with Crippen molar-refractivity contribution in [3.63, 3.8) is 0 Å². The highest BCUT2D eigenvalue weighted by Crippen LogP contribution is 2.02. The Balaban J connectivity index is 3.50. The Kier molecular flexibility index (Phi) is 11.7. The van der Waals surface area contributed by atoms with Gasteiger partial charge < -0.3 is 14.2 Å². The molecular weight excluding hydrogens is 244 g/mol. The second kappa shape index (κ2) is 12.0. The Morgan fingerprint density at radius 2 is 2.00 bits per heavy atom. The van der Waals surface area contributed by atoms with Gasteiger partial charge in [-0.3, -0.25) is 0 Å². The summed E-state index contributed by atoms with van der Waals surface area (Å²) in [7, 11) is 0. The van der Waals surface area contributed by atoms with Crippen molar-refractivity contribution in [3.8, 4) is 0 Å². The standard InChI is InChI=1S/C12H23ClO4/c1-3-5-6-7-8-15-10-11(9-13)17-12(14)16-4-2/h11H,3-10H2,1-2H3. The van der Waals surface area contributed by atoms with Crippen molar-refractivity contribution >= 4 is 17.8 Å². The van der Waals surface area contributed by atoms with Gasteiger partial charge in [-0.05, 0) is 13.3 Å². The van der Waals surface area contributed by atoms with Gasteiger partial charge in [-0.25, -0.2) is 4.79 Å². The summed E-state index contributed by atoms with van der Waals surface area (Å²) in [6.45, 7) is 5.19. The minimum atomic E-state index is -0.687. The van der Waals surface area contributed by atoms with Crippen LogP contribution in [0.25, 0.3) is 0 Å². The normalized spacial score (nSPS) is 12.2. The van der Waals surface area contributed by atoms with Gasteiger partial charge in [0.05, 0.1) is 19.1 Å². The molecule has 0 aromatic rings. The number of hydrogen-bond acceptors (Lipinski definition) is 4. The summed E-state index contributed by atoms with van der Waals surface area (Å²) in [5, 5.41) is 0. The smallest absolute Gasteiger partial charge is 0.435 e. The molecule has 0 saturated heterocycles. The zero-order valence-corrected chi connectivity index (χ0v) is 11.5. The van der Waals surface area contributed by atoms with Crippen LogP contribution >= 0.6 is 11.6 Å². The third-order valence-electron chi connectivity index (χ3n) is 2.14. The summed E-state index contributed by atoms with van der Waals surface area (Å²) < 4.78 is 15.0. The topological polar surface area (TPSA) is 44.8 Å². The van der Waals surface area contributed by atoms with Crippen LogP contribution in [-0.4, -0.2) is 38.0 Å². The third-order valence-corrected chi connectivity index (χ3v) is 2.49. The van der Waals surface area contributed by atoms with Crippen molar-refractivity contribution in [2.45, 2.75) is 45.6 Å². The second-order valence-corrected chi connectivity index (χ2v) is 4.02. The predicted octanol–water partition coefficient (Wildman–Crippen LogP) is 3.36. The molecule has 1 unspecified atom stereocenters. The fourth-order valence-corrected chi connectivity index (χ4v) is 1.40. The Bertz CT molecular complexity index is 187. The highest BCUT2D eigenvalue weighted by atomic mass is 35.5. The average molecular weight is 267 g/mol. The maximum atomic E-state index is 11.0. The van der Waals surface area contributed by atoms with Crippen LogP contribution in [0.4, 0.5) is 4.79 Å². The van der Waals surface area contributed by atoms with Crippen LogP contribution in [-0.2, 0) is 14.2 Å². The number of carbonyl (C=O) groups is 1. The maximum absolute atomic E-state index is 11.0. The monoisotopic (exact) mass is 266 g/mol. The Hall–Kier alpha value is -0.480. The molecule has 0 aromatic heterocycles. The number of unbranched alkanes of at least 4 members (excludes halogenated alkanes) is 3. The molecule has 5 heteroatoms. The van der Waals surface area contributed by atoms with Crippen LogP contribution in [0.5, 0.6) is 0 Å². The Morgan fingerprint density at radius 1 is 1.24 bits per heavy atom. The van der Waals surface area contributed by atoms with Crippen molar-refractivity contribution in [1.29, 1.82) is 0 Å². The van der Waals surface area contributed by atoms with E-state index in [-0.39, 0.29) is 5.88 Å². The number of hydrogen-bond donors (Lipinski definition) is 0. The van der Waals surface area contributed by atoms with Gasteiger partial charge in [0.15, 0.2) is 0 Å². The zero-order valence-electron chi connectivity index (χ0n) is 10.7. The molecule has 0 aromatic carbocycles. The lowest BCUT2D eigenvalue weighted by molar-refractivity contribution is -0.00674. The van der Waals surface area contributed by atoms with Gasteiger partial charge in [-0.15, -0.1) is 11.6 Å². The van der Waals surface area contributed by atoms with Gasteiger partial charge in [0, 0.05) is 6.61 Å². The minimum Gasteiger partial charge on any atom is -0.435 e. The van der Waals surface area contributed by atoms with Crippen molar-refractivity contribution < 1.29 is 19.0 Å². The van der Waals surface area contributed by atoms with Crippen LogP contribution in [0, 0.1) is 0 Å². The first-order chi connectivity index (χ1) is 8.24. The molecule has 0 amide bonds. The summed E-state index contributed by atoms with van der Waals surface area (Å²) in [6, 6.07) is 0. The fourth-order valence-electron chi connectivity index (χ4n) is 1.24. The summed E-state index contributed by atoms with van der Waals surface area (Å²) in [6.07, 6.45) is 3.51. The molecule has 0 saturated carbocycles. The molecule has 1 atom stereocenters. The summed E-state index contributed by atoms with van der Waals surface area (Å²) >= 11 is 5.66. The van der Waals surface area contributed by atoms with E-state index in [0.717, 1.165) is 6.42 Å². The molecule has 17 heavy (non-hydrogen) atoms. The van der Waals surface area contributed by atoms with Crippen LogP contribution in [0.1, 0.15) is 39.5 Å². The average Bonchev–Trinajstić information content (AvgIpc) is 2.32. The molecule has 102 valence electrons. The number of carbonyl (C=O) groups excluding carboxylic acids is 1. The first-order valence-electron chi connectivity index (χ1n) is 6.21. The van der Waals surface area contributed by atoms with Crippen LogP contribution < -0.4 is 0 Å². The molecule has 0 fully saturated rings. The minimum absolute atomic E-state index is 0.216. The predicted molar refractivity (Wildman–Crippen MR) is 67.6 cm³/mol. The first-order valence-corrected chi connectivity index (χ1v) is 6.75. The number of ether oxygens (including phenoxy) is 3. The number of rotatable bonds is 10. The summed E-state index contributed by atoms with van der Waals surface area (Å²) in [5.74, 6) is 0.216. The van der Waals surface area contributed by atoms with Crippen molar-refractivity contribution in [1.82, 2.24) is 0 Å². The quantitative estimate of drug-likeness (QED) is 0.345. The van der Waals surface area contributed by atoms with Gasteiger partial charge in [0.1, 0.15) is 6.10 Å². The molecule has 0 bridgehead atoms. The van der Waals surface area contributed by atoms with Crippen LogP contribution in [0.15, 0.2) is 0 Å². The Morgan fingerprint density at radius 3 is 2.59 bits per heavy atom. The molecule has 0 aliphatic rings. The summed E-state index contributed by atoms with van der Waals surface area (Å²) in [4.78, 5) is 11.0. The van der Waals surface area contributed by atoms with Gasteiger partial charge in [-0.1, -0.05) is 26.2 Å². The number of alkyl halides is 1. The van der Waals surface area contributed by atoms with E-state index in [0.29, 0.717) is 19.8 Å². The van der Waals surface area contributed by atoms with E-state index in [1.54, 1.807) is 6.92 Å². The molecule has 0 spiro atoms. The molecule has 0 radical (unpaired) electrons. The first kappa shape index (κ1) is 16.5. The van der Waals surface area contributed by atoms with Gasteiger partial charge in [-0.2, -0.15) is 0 Å². The van der Waals surface area contributed by atoms with E-state index >= 15 is 0 Å². The van der Waals surface area contributed by atoms with Crippen molar-refractivity contribution in [2.75, 3.05) is 25.7 Å². The SMILES string of the molecule is CCCCCCOCC(CCl)OC(=O)OCC. The highest BCUT2D eigenvalue weighted by Gasteiger charge is 2.14. The Labute approximate surface area is 109 Å². The molecule has 0 rings (SSSR count). The lowest BCUT2D eigenvalue weighted by Crippen LogP contribution is -2.26. The largest absolute Gasteiger partial charge is 0.508 e. The van der Waals surface area contributed by atoms with E-state index in [9.17, 15) is 4.79 Å². The van der Waals surface area contributed by atoms with Crippen molar-refractivity contribution in [3.05, 3.63) is 0 Å². The van der Waals surface area contributed by atoms with Crippen molar-refractivity contribution in [2.24, 2.45) is 0 Å². The molecule has 0 N–H and O–H groups in total. The van der Waals surface area contributed by atoms with E-state index in [1.807, 2.05) is 0 Å². The molecule has 0 aliphatic heterocycles. The molecule has 4 nitrogen and oxygen atoms in total. The van der Waals surface area contributed by atoms with Gasteiger partial charge in [0.25, 0.3) is 0 Å². The fraction of sp³-hybridized carbons (Fsp3) is 0.917. The second-order valence-electron chi connectivity index (χ2n) is 3.71. The van der Waals surface area contributed by atoms with Gasteiger partial charge in [0.2, 0.25) is 0 Å².